The minimum Gasteiger partial charge on any atom is -0.451 e. The molecule has 8 heteroatoms. The number of aromatic nitrogens is 1. The summed E-state index contributed by atoms with van der Waals surface area (Å²) in [5.41, 5.74) is 1.14. The normalized spacial score (nSPS) is 9.62. The van der Waals surface area contributed by atoms with Crippen molar-refractivity contribution in [2.45, 2.75) is 0 Å². The molecule has 122 valence electrons. The Morgan fingerprint density at radius 1 is 1.38 bits per heavy atom. The molecule has 0 aliphatic rings. The molecular weight excluding hydrogens is 328 g/mol. The molecule has 1 heterocycles. The number of hydrogen-bond donors (Lipinski definition) is 2. The highest BCUT2D eigenvalue weighted by Gasteiger charge is 2.14. The highest BCUT2D eigenvalue weighted by molar-refractivity contribution is 7.13. The first-order chi connectivity index (χ1) is 11.6. The van der Waals surface area contributed by atoms with Crippen LogP contribution in [0.15, 0.2) is 42.3 Å². The number of hydrogen-bond acceptors (Lipinski definition) is 7. The fourth-order valence-electron chi connectivity index (χ4n) is 1.64. The summed E-state index contributed by atoms with van der Waals surface area (Å²) in [6.45, 7) is 3.68. The molecule has 0 aliphatic heterocycles. The summed E-state index contributed by atoms with van der Waals surface area (Å²) in [5.74, 6) is -1.15. The minimum absolute atomic E-state index is 0.137. The van der Waals surface area contributed by atoms with Gasteiger partial charge >= 0.3 is 5.97 Å². The number of anilines is 2. The quantitative estimate of drug-likeness (QED) is 0.591. The Hall–Kier alpha value is -3.18. The van der Waals surface area contributed by atoms with Gasteiger partial charge in [-0.2, -0.15) is 5.26 Å². The van der Waals surface area contributed by atoms with Gasteiger partial charge in [0.2, 0.25) is 0 Å². The summed E-state index contributed by atoms with van der Waals surface area (Å²) in [6, 6.07) is 8.32. The van der Waals surface area contributed by atoms with E-state index >= 15 is 0 Å². The maximum absolute atomic E-state index is 11.8. The molecule has 1 aromatic carbocycles. The first kappa shape index (κ1) is 17.2. The van der Waals surface area contributed by atoms with Crippen LogP contribution in [0.1, 0.15) is 16.1 Å². The van der Waals surface area contributed by atoms with Crippen LogP contribution in [0.25, 0.3) is 0 Å². The largest absolute Gasteiger partial charge is 0.451 e. The van der Waals surface area contributed by atoms with E-state index < -0.39 is 18.5 Å². The summed E-state index contributed by atoms with van der Waals surface area (Å²) >= 11 is 1.26. The predicted molar refractivity (Wildman–Crippen MR) is 90.9 cm³/mol. The molecule has 0 saturated carbocycles. The lowest BCUT2D eigenvalue weighted by Gasteiger charge is -2.05. The number of carbonyl (C=O) groups is 2. The fourth-order valence-corrected chi connectivity index (χ4v) is 2.33. The standard InChI is InChI=1S/C16H14N4O3S/c1-2-7-18-16-20-13(10-24-16)15(22)23-9-14(21)19-12-5-3-11(8-17)4-6-12/h2-6,10H,1,7,9H2,(H,18,20)(H,19,21). The Bertz CT molecular complexity index is 777. The summed E-state index contributed by atoms with van der Waals surface area (Å²) in [5, 5.41) is 16.3. The number of benzene rings is 1. The van der Waals surface area contributed by atoms with Crippen molar-refractivity contribution in [3.05, 3.63) is 53.6 Å². The van der Waals surface area contributed by atoms with E-state index in [9.17, 15) is 9.59 Å². The monoisotopic (exact) mass is 342 g/mol. The average molecular weight is 342 g/mol. The van der Waals surface area contributed by atoms with Crippen LogP contribution in [-0.2, 0) is 9.53 Å². The van der Waals surface area contributed by atoms with Crippen molar-refractivity contribution >= 4 is 34.0 Å². The second-order valence-electron chi connectivity index (χ2n) is 4.52. The van der Waals surface area contributed by atoms with Gasteiger partial charge in [0.05, 0.1) is 11.6 Å². The molecular formula is C16H14N4O3S. The van der Waals surface area contributed by atoms with Crippen LogP contribution in [0.5, 0.6) is 0 Å². The zero-order valence-corrected chi connectivity index (χ0v) is 13.4. The second kappa shape index (κ2) is 8.45. The summed E-state index contributed by atoms with van der Waals surface area (Å²) in [6.07, 6.45) is 1.67. The van der Waals surface area contributed by atoms with Crippen LogP contribution < -0.4 is 10.6 Å². The topological polar surface area (TPSA) is 104 Å². The van der Waals surface area contributed by atoms with E-state index in [0.29, 0.717) is 22.9 Å². The molecule has 1 aromatic heterocycles. The SMILES string of the molecule is C=CCNc1nc(C(=O)OCC(=O)Nc2ccc(C#N)cc2)cs1. The Morgan fingerprint density at radius 2 is 2.12 bits per heavy atom. The minimum atomic E-state index is -0.673. The van der Waals surface area contributed by atoms with Crippen LogP contribution in [0, 0.1) is 11.3 Å². The van der Waals surface area contributed by atoms with Gasteiger partial charge in [-0.15, -0.1) is 17.9 Å². The van der Waals surface area contributed by atoms with E-state index in [1.165, 1.54) is 11.3 Å². The van der Waals surface area contributed by atoms with Crippen LogP contribution in [0.4, 0.5) is 10.8 Å². The molecule has 2 aromatic rings. The van der Waals surface area contributed by atoms with E-state index in [-0.39, 0.29) is 5.69 Å². The van der Waals surface area contributed by atoms with Crippen molar-refractivity contribution in [1.82, 2.24) is 4.98 Å². The van der Waals surface area contributed by atoms with E-state index in [0.717, 1.165) is 0 Å². The third-order valence-corrected chi connectivity index (χ3v) is 3.54. The molecule has 1 amide bonds. The number of thiazole rings is 1. The number of esters is 1. The van der Waals surface area contributed by atoms with Crippen LogP contribution in [-0.4, -0.2) is 30.0 Å². The molecule has 0 unspecified atom stereocenters. The molecule has 0 aliphatic carbocycles. The maximum Gasteiger partial charge on any atom is 0.358 e. The van der Waals surface area contributed by atoms with Crippen molar-refractivity contribution in [3.8, 4) is 6.07 Å². The lowest BCUT2D eigenvalue weighted by atomic mass is 10.2. The number of nitrogens with one attached hydrogen (secondary N) is 2. The van der Waals surface area contributed by atoms with Gasteiger partial charge in [-0.05, 0) is 24.3 Å². The van der Waals surface area contributed by atoms with Crippen LogP contribution in [0.2, 0.25) is 0 Å². The molecule has 2 N–H and O–H groups in total. The van der Waals surface area contributed by atoms with Crippen LogP contribution >= 0.6 is 11.3 Å². The van der Waals surface area contributed by atoms with Gasteiger partial charge in [-0.25, -0.2) is 9.78 Å². The smallest absolute Gasteiger partial charge is 0.358 e. The fraction of sp³-hybridized carbons (Fsp3) is 0.125. The highest BCUT2D eigenvalue weighted by atomic mass is 32.1. The van der Waals surface area contributed by atoms with E-state index in [1.54, 1.807) is 35.7 Å². The Labute approximate surface area is 142 Å². The van der Waals surface area contributed by atoms with E-state index in [2.05, 4.69) is 22.2 Å². The van der Waals surface area contributed by atoms with Gasteiger partial charge in [0.1, 0.15) is 0 Å². The molecule has 0 radical (unpaired) electrons. The van der Waals surface area contributed by atoms with Gasteiger partial charge in [0, 0.05) is 17.6 Å². The molecule has 24 heavy (non-hydrogen) atoms. The second-order valence-corrected chi connectivity index (χ2v) is 5.38. The molecule has 0 atom stereocenters. The van der Waals surface area contributed by atoms with Gasteiger partial charge in [0.15, 0.2) is 17.4 Å². The lowest BCUT2D eigenvalue weighted by molar-refractivity contribution is -0.119. The zero-order chi connectivity index (χ0) is 17.4. The van der Waals surface area contributed by atoms with E-state index in [4.69, 9.17) is 10.00 Å². The number of rotatable bonds is 7. The van der Waals surface area contributed by atoms with Gasteiger partial charge in [0.25, 0.3) is 5.91 Å². The highest BCUT2D eigenvalue weighted by Crippen LogP contribution is 2.16. The van der Waals surface area contributed by atoms with Gasteiger partial charge in [-0.3, -0.25) is 4.79 Å². The molecule has 0 fully saturated rings. The maximum atomic E-state index is 11.8. The number of nitriles is 1. The average Bonchev–Trinajstić information content (AvgIpc) is 3.07. The Morgan fingerprint density at radius 3 is 2.79 bits per heavy atom. The van der Waals surface area contributed by atoms with Crippen molar-refractivity contribution in [1.29, 1.82) is 5.26 Å². The van der Waals surface area contributed by atoms with Gasteiger partial charge in [-0.1, -0.05) is 6.08 Å². The van der Waals surface area contributed by atoms with Crippen molar-refractivity contribution in [3.63, 3.8) is 0 Å². The molecule has 0 spiro atoms. The first-order valence-electron chi connectivity index (χ1n) is 6.90. The van der Waals surface area contributed by atoms with Crippen LogP contribution in [0.3, 0.4) is 0 Å². The molecule has 0 saturated heterocycles. The number of amides is 1. The third kappa shape index (κ3) is 4.93. The molecule has 0 bridgehead atoms. The number of ether oxygens (including phenoxy) is 1. The molecule has 2 rings (SSSR count). The zero-order valence-electron chi connectivity index (χ0n) is 12.6. The number of nitrogens with zero attached hydrogens (tertiary/aromatic N) is 2. The Balaban J connectivity index is 1.82. The third-order valence-electron chi connectivity index (χ3n) is 2.74. The molecule has 7 nitrogen and oxygen atoms in total. The summed E-state index contributed by atoms with van der Waals surface area (Å²) in [7, 11) is 0. The van der Waals surface area contributed by atoms with E-state index in [1.807, 2.05) is 6.07 Å². The van der Waals surface area contributed by atoms with Crippen molar-refractivity contribution in [2.24, 2.45) is 0 Å². The Kier molecular flexibility index (Phi) is 6.05. The van der Waals surface area contributed by atoms with Gasteiger partial charge < -0.3 is 15.4 Å². The first-order valence-corrected chi connectivity index (χ1v) is 7.77. The lowest BCUT2D eigenvalue weighted by Crippen LogP contribution is -2.21. The summed E-state index contributed by atoms with van der Waals surface area (Å²) in [4.78, 5) is 27.6. The van der Waals surface area contributed by atoms with Crippen molar-refractivity contribution in [2.75, 3.05) is 23.8 Å². The predicted octanol–water partition coefficient (Wildman–Crippen LogP) is 2.41. The van der Waals surface area contributed by atoms with Crippen molar-refractivity contribution < 1.29 is 14.3 Å². The summed E-state index contributed by atoms with van der Waals surface area (Å²) < 4.78 is 4.92. The number of carbonyl (C=O) groups excluding carboxylic acids is 2.